The maximum absolute atomic E-state index is 14.3. The van der Waals surface area contributed by atoms with Gasteiger partial charge in [-0.2, -0.15) is 0 Å². The smallest absolute Gasteiger partial charge is 0.311 e. The number of esters is 3. The number of ketones is 1. The van der Waals surface area contributed by atoms with Crippen LogP contribution in [0.4, 0.5) is 0 Å². The lowest BCUT2D eigenvalue weighted by Crippen LogP contribution is -2.61. The highest BCUT2D eigenvalue weighted by molar-refractivity contribution is 5.83. The molecule has 3 aliphatic rings. The first-order valence-corrected chi connectivity index (χ1v) is 21.3. The lowest BCUT2D eigenvalue weighted by Gasteiger charge is -2.49. The second-order valence-corrected chi connectivity index (χ2v) is 17.9. The zero-order valence-corrected chi connectivity index (χ0v) is 37.7. The van der Waals surface area contributed by atoms with E-state index in [1.54, 1.807) is 48.5 Å². The van der Waals surface area contributed by atoms with Gasteiger partial charge in [0, 0.05) is 35.4 Å². The summed E-state index contributed by atoms with van der Waals surface area (Å²) in [5.74, 6) is -7.40. The number of aliphatic hydroxyl groups excluding tert-OH is 2. The number of carbonyl (C=O) groups excluding carboxylic acids is 4. The Kier molecular flexibility index (Phi) is 16.8. The van der Waals surface area contributed by atoms with Gasteiger partial charge in [-0.05, 0) is 81.8 Å². The Balaban J connectivity index is 2.27. The standard InChI is InChI=1S/C43H75NO16/c1-15-29-43(11,52)36(48)24(5)33(47)22(3)20-41(9,51)38(25(6)34(26(7)39(50)57-29)59-32-21-42(10,53-14)37(49)27(8)56-32)60-40-35(28(44(12)13)19-23(4)55-40)58-31(46)18-17-30(45)54-16-2/h22-29,32,34-38,40,48-49,51-52H,15-21H2,1-14H3/t22-,23-,24+,25+,26-,27+,28+,29-,32+,34+,35-,36-,37+,38-,40+,41-,42-,43-/m1/s1/i12+1D3. The summed E-state index contributed by atoms with van der Waals surface area (Å²) in [5, 5.41) is 46.9. The van der Waals surface area contributed by atoms with Crippen LogP contribution in [0.1, 0.15) is 119 Å². The van der Waals surface area contributed by atoms with E-state index in [1.165, 1.54) is 41.9 Å². The molecule has 3 saturated heterocycles. The molecule has 18 atom stereocenters. The zero-order chi connectivity index (χ0) is 48.2. The summed E-state index contributed by atoms with van der Waals surface area (Å²) in [7, 11) is 2.77. The summed E-state index contributed by atoms with van der Waals surface area (Å²) >= 11 is 0. The van der Waals surface area contributed by atoms with Gasteiger partial charge in [0.2, 0.25) is 0 Å². The van der Waals surface area contributed by atoms with Gasteiger partial charge in [0.15, 0.2) is 18.7 Å². The molecule has 60 heavy (non-hydrogen) atoms. The molecule has 0 amide bonds. The summed E-state index contributed by atoms with van der Waals surface area (Å²) in [6, 6.07) is -1.05. The Morgan fingerprint density at radius 2 is 1.53 bits per heavy atom. The number of hydrogen-bond donors (Lipinski definition) is 4. The van der Waals surface area contributed by atoms with E-state index >= 15 is 0 Å². The minimum Gasteiger partial charge on any atom is -0.466 e. The van der Waals surface area contributed by atoms with Crippen molar-refractivity contribution >= 4 is 23.7 Å². The summed E-state index contributed by atoms with van der Waals surface area (Å²) in [4.78, 5) is 55.1. The van der Waals surface area contributed by atoms with Crippen LogP contribution in [0.25, 0.3) is 0 Å². The molecule has 3 rings (SSSR count). The maximum atomic E-state index is 14.3. The Bertz CT molecular complexity index is 1550. The Morgan fingerprint density at radius 1 is 0.900 bits per heavy atom. The van der Waals surface area contributed by atoms with Gasteiger partial charge in [-0.25, -0.2) is 0 Å². The third kappa shape index (κ3) is 12.2. The molecule has 3 fully saturated rings. The van der Waals surface area contributed by atoms with Crippen LogP contribution in [0, 0.1) is 23.7 Å². The van der Waals surface area contributed by atoms with Crippen LogP contribution in [0.3, 0.4) is 0 Å². The monoisotopic (exact) mass is 866 g/mol. The topological polar surface area (TPSA) is 226 Å². The molecule has 0 aromatic carbocycles. The van der Waals surface area contributed by atoms with Crippen molar-refractivity contribution in [3.05, 3.63) is 0 Å². The first-order valence-electron chi connectivity index (χ1n) is 22.8. The van der Waals surface area contributed by atoms with Crippen molar-refractivity contribution in [1.29, 1.82) is 0 Å². The van der Waals surface area contributed by atoms with E-state index in [-0.39, 0.29) is 38.7 Å². The molecule has 3 aliphatic heterocycles. The van der Waals surface area contributed by atoms with Gasteiger partial charge in [-0.1, -0.05) is 27.7 Å². The lowest BCUT2D eigenvalue weighted by molar-refractivity contribution is -0.319. The molecule has 0 aromatic rings. The highest BCUT2D eigenvalue weighted by Gasteiger charge is 2.54. The van der Waals surface area contributed by atoms with Gasteiger partial charge in [0.25, 0.3) is 0 Å². The summed E-state index contributed by atoms with van der Waals surface area (Å²) in [5.41, 5.74) is -5.28. The van der Waals surface area contributed by atoms with Crippen molar-refractivity contribution < 1.29 is 81.6 Å². The second-order valence-electron chi connectivity index (χ2n) is 17.9. The van der Waals surface area contributed by atoms with Crippen LogP contribution < -0.4 is 0 Å². The van der Waals surface area contributed by atoms with E-state index in [1.807, 2.05) is 0 Å². The van der Waals surface area contributed by atoms with Crippen molar-refractivity contribution in [1.82, 2.24) is 4.90 Å². The zero-order valence-electron chi connectivity index (χ0n) is 40.7. The largest absolute Gasteiger partial charge is 0.466 e. The molecule has 348 valence electrons. The van der Waals surface area contributed by atoms with Crippen molar-refractivity contribution in [3.63, 3.8) is 0 Å². The number of nitrogens with zero attached hydrogens (tertiary/aromatic N) is 1. The Labute approximate surface area is 360 Å². The van der Waals surface area contributed by atoms with Crippen molar-refractivity contribution in [3.8, 4) is 0 Å². The number of cyclic esters (lactones) is 1. The molecule has 0 unspecified atom stereocenters. The predicted octanol–water partition coefficient (Wildman–Crippen LogP) is 2.68. The molecule has 0 aliphatic carbocycles. The van der Waals surface area contributed by atoms with Crippen molar-refractivity contribution in [2.75, 3.05) is 27.7 Å². The normalized spacial score (nSPS) is 44.8. The number of ether oxygens (including phenoxy) is 8. The minimum atomic E-state index is -2.68. The van der Waals surface area contributed by atoms with Crippen LogP contribution >= 0.6 is 0 Å². The molecular weight excluding hydrogens is 787 g/mol. The molecule has 0 bridgehead atoms. The molecule has 0 saturated carbocycles. The number of carbonyl (C=O) groups is 4. The third-order valence-electron chi connectivity index (χ3n) is 12.7. The van der Waals surface area contributed by atoms with E-state index < -0.39 is 145 Å². The fourth-order valence-corrected chi connectivity index (χ4v) is 9.04. The Morgan fingerprint density at radius 3 is 2.12 bits per heavy atom. The molecular formula is C43H75NO16. The van der Waals surface area contributed by atoms with Gasteiger partial charge in [-0.15, -0.1) is 0 Å². The van der Waals surface area contributed by atoms with E-state index in [0.717, 1.165) is 4.90 Å². The van der Waals surface area contributed by atoms with Crippen LogP contribution in [-0.4, -0.2) is 161 Å². The van der Waals surface area contributed by atoms with Gasteiger partial charge in [0.1, 0.15) is 23.6 Å². The highest BCUT2D eigenvalue weighted by Crippen LogP contribution is 2.41. The van der Waals surface area contributed by atoms with E-state index in [2.05, 4.69) is 0 Å². The first-order chi connectivity index (χ1) is 29.0. The molecule has 0 radical (unpaired) electrons. The fraction of sp³-hybridized carbons (Fsp3) is 0.907. The Hall–Kier alpha value is -2.32. The molecule has 17 nitrogen and oxygen atoms in total. The SMILES string of the molecule is [2H][13C]([2H])([2H])N(C)[C@H]1C[C@@H](C)O[C@@H](O[C@@H]2[C@@H](C)[C@H](O[C@H]3C[C@@](C)(OC)[C@@H](O)[C@H](C)O3)[C@@H](C)C(=O)O[C@H](CC)[C@@](C)(O)[C@H](O)[C@@H](C)C(=O)[C@H](C)C[C@@]2(C)O)[C@@H]1OC(=O)CCC(=O)OCC. The molecule has 4 N–H and O–H groups in total. The minimum absolute atomic E-state index is 0.0139. The molecule has 0 aromatic heterocycles. The van der Waals surface area contributed by atoms with E-state index in [9.17, 15) is 39.6 Å². The van der Waals surface area contributed by atoms with Gasteiger partial charge in [0.05, 0.1) is 73.1 Å². The van der Waals surface area contributed by atoms with Crippen LogP contribution in [0.15, 0.2) is 0 Å². The van der Waals surface area contributed by atoms with E-state index in [0.29, 0.717) is 0 Å². The van der Waals surface area contributed by atoms with Gasteiger partial charge < -0.3 is 63.2 Å². The van der Waals surface area contributed by atoms with Crippen LogP contribution in [0.2, 0.25) is 0 Å². The van der Waals surface area contributed by atoms with Crippen LogP contribution in [0.5, 0.6) is 0 Å². The van der Waals surface area contributed by atoms with Crippen molar-refractivity contribution in [2.24, 2.45) is 23.7 Å². The average molecular weight is 866 g/mol. The van der Waals surface area contributed by atoms with E-state index in [4.69, 9.17) is 42.0 Å². The molecule has 17 heteroatoms. The van der Waals surface area contributed by atoms with Crippen molar-refractivity contribution in [2.45, 2.75) is 199 Å². The van der Waals surface area contributed by atoms with Crippen LogP contribution in [-0.2, 0) is 57.1 Å². The quantitative estimate of drug-likeness (QED) is 0.126. The lowest BCUT2D eigenvalue weighted by atomic mass is 9.74. The van der Waals surface area contributed by atoms with Gasteiger partial charge in [-0.3, -0.25) is 19.2 Å². The number of likely N-dealkylation sites (N-methyl/N-ethyl adjacent to an activating group) is 1. The number of aliphatic hydroxyl groups is 4. The number of methoxy groups -OCH3 is 1. The fourth-order valence-electron chi connectivity index (χ4n) is 9.04. The number of hydrogen-bond acceptors (Lipinski definition) is 17. The molecule has 0 spiro atoms. The summed E-state index contributed by atoms with van der Waals surface area (Å²) < 4.78 is 73.1. The summed E-state index contributed by atoms with van der Waals surface area (Å²) in [6.07, 6.45) is -13.4. The first kappa shape index (κ1) is 47.2. The maximum Gasteiger partial charge on any atom is 0.311 e. The third-order valence-corrected chi connectivity index (χ3v) is 12.7. The van der Waals surface area contributed by atoms with Gasteiger partial charge >= 0.3 is 17.9 Å². The number of Topliss-reactive ketones (excluding diaryl/α,β-unsaturated/α-hetero) is 1. The summed E-state index contributed by atoms with van der Waals surface area (Å²) in [6.45, 7) is 14.5. The number of rotatable bonds is 12. The predicted molar refractivity (Wildman–Crippen MR) is 216 cm³/mol. The highest BCUT2D eigenvalue weighted by atomic mass is 16.7. The average Bonchev–Trinajstić information content (AvgIpc) is 3.20. The molecule has 3 heterocycles. The second kappa shape index (κ2) is 21.4.